The first kappa shape index (κ1) is 10.9. The molecule has 0 aliphatic rings. The number of halogens is 2. The second-order valence-corrected chi connectivity index (χ2v) is 4.86. The van der Waals surface area contributed by atoms with Gasteiger partial charge in [-0.2, -0.15) is 0 Å². The zero-order valence-electron chi connectivity index (χ0n) is 7.84. The van der Waals surface area contributed by atoms with E-state index in [2.05, 4.69) is 31.9 Å². The smallest absolute Gasteiger partial charge is 0.135 e. The van der Waals surface area contributed by atoms with Crippen LogP contribution in [0.15, 0.2) is 43.7 Å². The highest BCUT2D eigenvalue weighted by atomic mass is 79.9. The molecule has 0 saturated heterocycles. The van der Waals surface area contributed by atoms with Gasteiger partial charge in [-0.3, -0.25) is 0 Å². The van der Waals surface area contributed by atoms with E-state index < -0.39 is 0 Å². The largest absolute Gasteiger partial charge is 0.460 e. The summed E-state index contributed by atoms with van der Waals surface area (Å²) in [5, 5.41) is 0. The summed E-state index contributed by atoms with van der Waals surface area (Å²) in [6.45, 7) is 0.422. The summed E-state index contributed by atoms with van der Waals surface area (Å²) in [5.41, 5.74) is 6.51. The average Bonchev–Trinajstić information content (AvgIpc) is 2.70. The Hall–Kier alpha value is -0.580. The van der Waals surface area contributed by atoms with Crippen LogP contribution < -0.4 is 5.73 Å². The highest BCUT2D eigenvalue weighted by Crippen LogP contribution is 2.32. The molecule has 0 amide bonds. The Morgan fingerprint density at radius 3 is 2.60 bits per heavy atom. The molecule has 1 aromatic carbocycles. The van der Waals surface area contributed by atoms with Crippen molar-refractivity contribution < 1.29 is 4.42 Å². The van der Waals surface area contributed by atoms with Crippen LogP contribution >= 0.6 is 31.9 Å². The molecular weight excluding hydrogens is 322 g/mol. The van der Waals surface area contributed by atoms with E-state index in [4.69, 9.17) is 10.2 Å². The number of hydrogen-bond donors (Lipinski definition) is 1. The molecule has 15 heavy (non-hydrogen) atoms. The predicted molar refractivity (Wildman–Crippen MR) is 67.4 cm³/mol. The van der Waals surface area contributed by atoms with Crippen molar-refractivity contribution in [1.29, 1.82) is 0 Å². The molecule has 2 aromatic rings. The molecule has 0 atom stereocenters. The fraction of sp³-hybridized carbons (Fsp3) is 0.0909. The fourth-order valence-corrected chi connectivity index (χ4v) is 2.12. The lowest BCUT2D eigenvalue weighted by atomic mass is 10.2. The van der Waals surface area contributed by atoms with Crippen molar-refractivity contribution in [3.05, 3.63) is 45.0 Å². The normalized spacial score (nSPS) is 10.6. The molecule has 2 N–H and O–H groups in total. The molecule has 78 valence electrons. The molecule has 0 spiro atoms. The van der Waals surface area contributed by atoms with E-state index in [9.17, 15) is 0 Å². The molecule has 0 bridgehead atoms. The second-order valence-electron chi connectivity index (χ2n) is 3.09. The van der Waals surface area contributed by atoms with Gasteiger partial charge in [-0.05, 0) is 30.3 Å². The third kappa shape index (κ3) is 2.33. The van der Waals surface area contributed by atoms with Gasteiger partial charge in [0.05, 0.1) is 6.54 Å². The SMILES string of the molecule is NCc1ccc(-c2cc(Br)ccc2Br)o1. The third-order valence-electron chi connectivity index (χ3n) is 2.06. The molecule has 1 heterocycles. The van der Waals surface area contributed by atoms with Gasteiger partial charge in [-0.15, -0.1) is 0 Å². The topological polar surface area (TPSA) is 39.2 Å². The lowest BCUT2D eigenvalue weighted by Crippen LogP contribution is -1.92. The van der Waals surface area contributed by atoms with Crippen molar-refractivity contribution in [2.75, 3.05) is 0 Å². The molecule has 0 aliphatic heterocycles. The summed E-state index contributed by atoms with van der Waals surface area (Å²) in [7, 11) is 0. The van der Waals surface area contributed by atoms with Gasteiger partial charge in [-0.25, -0.2) is 0 Å². The number of hydrogen-bond acceptors (Lipinski definition) is 2. The average molecular weight is 331 g/mol. The van der Waals surface area contributed by atoms with Crippen LogP contribution in [0.2, 0.25) is 0 Å². The van der Waals surface area contributed by atoms with Crippen LogP contribution in [0, 0.1) is 0 Å². The molecule has 0 saturated carbocycles. The van der Waals surface area contributed by atoms with E-state index in [0.717, 1.165) is 26.0 Å². The number of nitrogens with two attached hydrogens (primary N) is 1. The van der Waals surface area contributed by atoms with E-state index in [1.807, 2.05) is 30.3 Å². The van der Waals surface area contributed by atoms with Crippen LogP contribution in [-0.2, 0) is 6.54 Å². The van der Waals surface area contributed by atoms with Crippen LogP contribution in [0.1, 0.15) is 5.76 Å². The van der Waals surface area contributed by atoms with Crippen LogP contribution in [0.5, 0.6) is 0 Å². The van der Waals surface area contributed by atoms with Gasteiger partial charge >= 0.3 is 0 Å². The maximum Gasteiger partial charge on any atom is 0.135 e. The maximum absolute atomic E-state index is 5.58. The number of benzene rings is 1. The van der Waals surface area contributed by atoms with Crippen molar-refractivity contribution in [2.24, 2.45) is 5.73 Å². The summed E-state index contributed by atoms with van der Waals surface area (Å²) in [6, 6.07) is 9.77. The Morgan fingerprint density at radius 1 is 1.13 bits per heavy atom. The number of rotatable bonds is 2. The molecule has 2 rings (SSSR count). The summed E-state index contributed by atoms with van der Waals surface area (Å²) >= 11 is 6.92. The second kappa shape index (κ2) is 4.51. The van der Waals surface area contributed by atoms with Gasteiger partial charge in [0.2, 0.25) is 0 Å². The third-order valence-corrected chi connectivity index (χ3v) is 3.24. The van der Waals surface area contributed by atoms with E-state index in [1.165, 1.54) is 0 Å². The van der Waals surface area contributed by atoms with Gasteiger partial charge < -0.3 is 10.2 Å². The van der Waals surface area contributed by atoms with Crippen LogP contribution in [0.3, 0.4) is 0 Å². The highest BCUT2D eigenvalue weighted by molar-refractivity contribution is 9.11. The van der Waals surface area contributed by atoms with Gasteiger partial charge in [0.1, 0.15) is 11.5 Å². The lowest BCUT2D eigenvalue weighted by Gasteiger charge is -2.01. The van der Waals surface area contributed by atoms with Crippen LogP contribution in [0.4, 0.5) is 0 Å². The Balaban J connectivity index is 2.48. The highest BCUT2D eigenvalue weighted by Gasteiger charge is 2.08. The zero-order chi connectivity index (χ0) is 10.8. The molecule has 4 heteroatoms. The molecule has 0 fully saturated rings. The van der Waals surface area contributed by atoms with E-state index in [0.29, 0.717) is 6.54 Å². The Kier molecular flexibility index (Phi) is 3.29. The van der Waals surface area contributed by atoms with Crippen LogP contribution in [0.25, 0.3) is 11.3 Å². The monoisotopic (exact) mass is 329 g/mol. The van der Waals surface area contributed by atoms with Crippen molar-refractivity contribution in [3.63, 3.8) is 0 Å². The maximum atomic E-state index is 5.58. The van der Waals surface area contributed by atoms with Crippen molar-refractivity contribution >= 4 is 31.9 Å². The quantitative estimate of drug-likeness (QED) is 0.906. The minimum atomic E-state index is 0.422. The molecule has 0 aliphatic carbocycles. The fourth-order valence-electron chi connectivity index (χ4n) is 1.32. The van der Waals surface area contributed by atoms with Crippen LogP contribution in [-0.4, -0.2) is 0 Å². The van der Waals surface area contributed by atoms with E-state index in [-0.39, 0.29) is 0 Å². The lowest BCUT2D eigenvalue weighted by molar-refractivity contribution is 0.525. The first-order valence-electron chi connectivity index (χ1n) is 4.45. The standard InChI is InChI=1S/C11H9Br2NO/c12-7-1-3-10(13)9(5-7)11-4-2-8(6-14)15-11/h1-5H,6,14H2. The van der Waals surface area contributed by atoms with Crippen molar-refractivity contribution in [2.45, 2.75) is 6.54 Å². The van der Waals surface area contributed by atoms with Crippen molar-refractivity contribution in [1.82, 2.24) is 0 Å². The first-order chi connectivity index (χ1) is 7.20. The molecular formula is C11H9Br2NO. The Bertz CT molecular complexity index is 479. The Morgan fingerprint density at radius 2 is 1.93 bits per heavy atom. The molecule has 2 nitrogen and oxygen atoms in total. The predicted octanol–water partition coefficient (Wildman–Crippen LogP) is 3.93. The summed E-state index contributed by atoms with van der Waals surface area (Å²) in [6.07, 6.45) is 0. The minimum absolute atomic E-state index is 0.422. The van der Waals surface area contributed by atoms with E-state index >= 15 is 0 Å². The summed E-state index contributed by atoms with van der Waals surface area (Å²) in [5.74, 6) is 1.61. The zero-order valence-corrected chi connectivity index (χ0v) is 11.0. The van der Waals surface area contributed by atoms with Gasteiger partial charge in [-0.1, -0.05) is 31.9 Å². The molecule has 0 unspecified atom stereocenters. The first-order valence-corrected chi connectivity index (χ1v) is 6.03. The minimum Gasteiger partial charge on any atom is -0.460 e. The van der Waals surface area contributed by atoms with Gasteiger partial charge in [0.25, 0.3) is 0 Å². The molecule has 1 aromatic heterocycles. The summed E-state index contributed by atoms with van der Waals surface area (Å²) < 4.78 is 7.60. The Labute approximate surface area is 105 Å². The van der Waals surface area contributed by atoms with Gasteiger partial charge in [0.15, 0.2) is 0 Å². The summed E-state index contributed by atoms with van der Waals surface area (Å²) in [4.78, 5) is 0. The van der Waals surface area contributed by atoms with Gasteiger partial charge in [0, 0.05) is 14.5 Å². The van der Waals surface area contributed by atoms with Crippen molar-refractivity contribution in [3.8, 4) is 11.3 Å². The number of furan rings is 1. The van der Waals surface area contributed by atoms with E-state index in [1.54, 1.807) is 0 Å². The molecule has 0 radical (unpaired) electrons.